The largest absolute Gasteiger partial charge is 1.00 e. The molecule has 2 aromatic carbocycles. The molecule has 0 aliphatic carbocycles. The normalized spacial score (nSPS) is 10.2. The number of aromatic nitrogens is 4. The first-order valence-corrected chi connectivity index (χ1v) is 9.16. The molecule has 2 aromatic heterocycles. The van der Waals surface area contributed by atoms with E-state index in [2.05, 4.69) is 90.4 Å². The average molecular weight is 417 g/mol. The van der Waals surface area contributed by atoms with Crippen LogP contribution in [0.5, 0.6) is 0 Å². The molecular formula is C22H29ClN4O2. The van der Waals surface area contributed by atoms with Gasteiger partial charge in [-0.1, -0.05) is 29.8 Å². The summed E-state index contributed by atoms with van der Waals surface area (Å²) in [5.74, 6) is 1.09. The maximum absolute atomic E-state index is 4.84. The first-order chi connectivity index (χ1) is 12.6. The Morgan fingerprint density at radius 2 is 1.66 bits per heavy atom. The lowest BCUT2D eigenvalue weighted by Crippen LogP contribution is -3.00. The molecule has 6 nitrogen and oxygen atoms in total. The monoisotopic (exact) mass is 416 g/mol. The van der Waals surface area contributed by atoms with Crippen molar-refractivity contribution in [1.82, 2.24) is 14.1 Å². The molecule has 0 bridgehead atoms. The van der Waals surface area contributed by atoms with Crippen LogP contribution in [-0.4, -0.2) is 25.1 Å². The first-order valence-electron chi connectivity index (χ1n) is 9.16. The zero-order valence-corrected chi connectivity index (χ0v) is 18.0. The minimum atomic E-state index is 0. The molecule has 0 aliphatic rings. The number of aryl methyl sites for hydroxylation is 4. The van der Waals surface area contributed by atoms with Crippen LogP contribution in [0.2, 0.25) is 0 Å². The highest BCUT2D eigenvalue weighted by Crippen LogP contribution is 2.20. The number of benzene rings is 2. The van der Waals surface area contributed by atoms with Gasteiger partial charge in [0.25, 0.3) is 0 Å². The third-order valence-corrected chi connectivity index (χ3v) is 4.96. The highest BCUT2D eigenvalue weighted by Gasteiger charge is 2.16. The van der Waals surface area contributed by atoms with Crippen LogP contribution < -0.4 is 17.0 Å². The molecule has 0 aliphatic heterocycles. The summed E-state index contributed by atoms with van der Waals surface area (Å²) in [6.45, 7) is 10.4. The predicted molar refractivity (Wildman–Crippen MR) is 112 cm³/mol. The topological polar surface area (TPSA) is 89.6 Å². The Labute approximate surface area is 177 Å². The fourth-order valence-electron chi connectivity index (χ4n) is 3.96. The lowest BCUT2D eigenvalue weighted by Gasteiger charge is -2.07. The zero-order chi connectivity index (χ0) is 18.3. The van der Waals surface area contributed by atoms with E-state index in [4.69, 9.17) is 4.98 Å². The Morgan fingerprint density at radius 3 is 2.31 bits per heavy atom. The highest BCUT2D eigenvalue weighted by molar-refractivity contribution is 5.75. The van der Waals surface area contributed by atoms with E-state index < -0.39 is 0 Å². The number of halogens is 1. The van der Waals surface area contributed by atoms with Gasteiger partial charge in [-0.05, 0) is 51.0 Å². The number of hydrogen-bond donors (Lipinski definition) is 0. The summed E-state index contributed by atoms with van der Waals surface area (Å²) >= 11 is 0. The van der Waals surface area contributed by atoms with Gasteiger partial charge in [-0.2, -0.15) is 0 Å². The van der Waals surface area contributed by atoms with Gasteiger partial charge in [0, 0.05) is 6.54 Å². The second-order valence-electron chi connectivity index (χ2n) is 7.00. The van der Waals surface area contributed by atoms with Crippen LogP contribution in [0.15, 0.2) is 55.1 Å². The van der Waals surface area contributed by atoms with Crippen LogP contribution in [-0.2, 0) is 13.1 Å². The predicted octanol–water partition coefficient (Wildman–Crippen LogP) is -0.537. The molecule has 4 aromatic rings. The number of nitrogens with zero attached hydrogens (tertiary/aromatic N) is 4. The summed E-state index contributed by atoms with van der Waals surface area (Å²) < 4.78 is 6.71. The molecule has 4 rings (SSSR count). The maximum atomic E-state index is 4.84. The smallest absolute Gasteiger partial charge is 0.249 e. The van der Waals surface area contributed by atoms with Crippen LogP contribution in [0, 0.1) is 20.8 Å². The fourth-order valence-corrected chi connectivity index (χ4v) is 3.96. The zero-order valence-electron chi connectivity index (χ0n) is 17.3. The standard InChI is InChI=1S/C22H25N4.ClH.2H2O/c1-5-26-20-9-7-6-8-19(20)23-21(26)14-24-10-11-25(15-24)22-17(3)12-16(2)13-18(22)4;;;/h6-13,15H,5,14H2,1-4H3;1H;2*1H2/q+1;;;/p-1. The van der Waals surface area contributed by atoms with E-state index in [0.29, 0.717) is 0 Å². The molecule has 0 radical (unpaired) electrons. The van der Waals surface area contributed by atoms with Crippen LogP contribution in [0.4, 0.5) is 0 Å². The molecule has 2 heterocycles. The number of para-hydroxylation sites is 2. The molecule has 0 atom stereocenters. The van der Waals surface area contributed by atoms with E-state index in [-0.39, 0.29) is 23.4 Å². The van der Waals surface area contributed by atoms with Crippen molar-refractivity contribution < 1.29 is 27.9 Å². The van der Waals surface area contributed by atoms with Crippen molar-refractivity contribution in [2.24, 2.45) is 0 Å². The van der Waals surface area contributed by atoms with Gasteiger partial charge in [-0.15, -0.1) is 0 Å². The van der Waals surface area contributed by atoms with Crippen molar-refractivity contribution in [1.29, 1.82) is 0 Å². The Morgan fingerprint density at radius 1 is 1.00 bits per heavy atom. The molecule has 7 heteroatoms. The Kier molecular flexibility index (Phi) is 8.15. The van der Waals surface area contributed by atoms with Crippen molar-refractivity contribution in [3.63, 3.8) is 0 Å². The summed E-state index contributed by atoms with van der Waals surface area (Å²) in [5, 5.41) is 0. The van der Waals surface area contributed by atoms with Gasteiger partial charge in [-0.25, -0.2) is 14.1 Å². The SMILES string of the molecule is CCn1c(C[n+]2ccn(-c3c(C)cc(C)cc3C)c2)nc2ccccc21.O.O.[Cl-]. The van der Waals surface area contributed by atoms with Crippen molar-refractivity contribution in [2.45, 2.75) is 40.8 Å². The number of imidazole rings is 2. The molecule has 29 heavy (non-hydrogen) atoms. The minimum Gasteiger partial charge on any atom is -1.00 e. The van der Waals surface area contributed by atoms with Gasteiger partial charge in [0.2, 0.25) is 6.33 Å². The third kappa shape index (κ3) is 4.50. The molecule has 0 saturated heterocycles. The summed E-state index contributed by atoms with van der Waals surface area (Å²) in [5.41, 5.74) is 7.43. The summed E-state index contributed by atoms with van der Waals surface area (Å²) in [4.78, 5) is 4.84. The molecular weight excluding hydrogens is 388 g/mol. The number of rotatable bonds is 4. The molecule has 0 spiro atoms. The van der Waals surface area contributed by atoms with E-state index in [1.165, 1.54) is 27.9 Å². The second-order valence-corrected chi connectivity index (χ2v) is 7.00. The number of hydrogen-bond acceptors (Lipinski definition) is 1. The summed E-state index contributed by atoms with van der Waals surface area (Å²) in [6.07, 6.45) is 6.41. The van der Waals surface area contributed by atoms with E-state index in [9.17, 15) is 0 Å². The Bertz CT molecular complexity index is 1080. The maximum Gasteiger partial charge on any atom is 0.249 e. The Hall–Kier alpha value is -2.67. The lowest BCUT2D eigenvalue weighted by molar-refractivity contribution is -0.688. The van der Waals surface area contributed by atoms with Gasteiger partial charge in [0.15, 0.2) is 5.82 Å². The van der Waals surface area contributed by atoms with Crippen LogP contribution in [0.1, 0.15) is 29.4 Å². The van der Waals surface area contributed by atoms with E-state index >= 15 is 0 Å². The molecule has 0 fully saturated rings. The van der Waals surface area contributed by atoms with Gasteiger partial charge >= 0.3 is 0 Å². The minimum absolute atomic E-state index is 0. The molecule has 4 N–H and O–H groups in total. The van der Waals surface area contributed by atoms with E-state index in [0.717, 1.165) is 24.4 Å². The van der Waals surface area contributed by atoms with Crippen LogP contribution >= 0.6 is 0 Å². The summed E-state index contributed by atoms with van der Waals surface area (Å²) in [6, 6.07) is 12.8. The van der Waals surface area contributed by atoms with Gasteiger partial charge in [-0.3, -0.25) is 0 Å². The van der Waals surface area contributed by atoms with Crippen molar-refractivity contribution >= 4 is 11.0 Å². The quantitative estimate of drug-likeness (QED) is 0.411. The van der Waals surface area contributed by atoms with Crippen LogP contribution in [0.3, 0.4) is 0 Å². The van der Waals surface area contributed by atoms with Crippen molar-refractivity contribution in [3.8, 4) is 5.69 Å². The average Bonchev–Trinajstić information content (AvgIpc) is 3.18. The van der Waals surface area contributed by atoms with E-state index in [1.807, 2.05) is 6.07 Å². The highest BCUT2D eigenvalue weighted by atomic mass is 35.5. The second kappa shape index (κ2) is 9.69. The number of fused-ring (bicyclic) bond motifs is 1. The summed E-state index contributed by atoms with van der Waals surface area (Å²) in [7, 11) is 0. The lowest BCUT2D eigenvalue weighted by atomic mass is 10.1. The molecule has 156 valence electrons. The van der Waals surface area contributed by atoms with Crippen molar-refractivity contribution in [3.05, 3.63) is 77.6 Å². The van der Waals surface area contributed by atoms with Gasteiger partial charge < -0.3 is 27.9 Å². The third-order valence-electron chi connectivity index (χ3n) is 4.96. The Balaban J connectivity index is 0.00000140. The first kappa shape index (κ1) is 24.4. The van der Waals surface area contributed by atoms with Gasteiger partial charge in [0.1, 0.15) is 24.6 Å². The molecule has 0 unspecified atom stereocenters. The molecule has 0 amide bonds. The van der Waals surface area contributed by atoms with Gasteiger partial charge in [0.05, 0.1) is 11.0 Å². The van der Waals surface area contributed by atoms with Crippen molar-refractivity contribution in [2.75, 3.05) is 0 Å². The molecule has 0 saturated carbocycles. The van der Waals surface area contributed by atoms with Crippen LogP contribution in [0.25, 0.3) is 16.7 Å². The fraction of sp³-hybridized carbons (Fsp3) is 0.273. The van der Waals surface area contributed by atoms with E-state index in [1.54, 1.807) is 0 Å².